The maximum atomic E-state index is 12.5. The Morgan fingerprint density at radius 2 is 1.82 bits per heavy atom. The van der Waals surface area contributed by atoms with E-state index in [-0.39, 0.29) is 24.0 Å². The van der Waals surface area contributed by atoms with Gasteiger partial charge in [0.2, 0.25) is 11.8 Å². The molecule has 2 heterocycles. The number of likely N-dealkylation sites (tertiary alicyclic amines) is 1. The summed E-state index contributed by atoms with van der Waals surface area (Å²) in [5, 5.41) is 0. The van der Waals surface area contributed by atoms with E-state index in [9.17, 15) is 9.59 Å². The number of ether oxygens (including phenoxy) is 1. The molecule has 0 radical (unpaired) electrons. The molecule has 1 aromatic rings. The first kappa shape index (κ1) is 19.4. The van der Waals surface area contributed by atoms with Crippen LogP contribution in [-0.4, -0.2) is 85.0 Å². The minimum Gasteiger partial charge on any atom is -0.373 e. The number of piperidine rings is 1. The topological polar surface area (TPSA) is 53.1 Å². The quantitative estimate of drug-likeness (QED) is 0.788. The molecular weight excluding hydrogens is 354 g/mol. The van der Waals surface area contributed by atoms with E-state index in [1.807, 2.05) is 0 Å². The second-order valence-corrected chi connectivity index (χ2v) is 8.69. The third-order valence-corrected chi connectivity index (χ3v) is 6.64. The molecule has 1 aromatic carbocycles. The number of hydrogen-bond donors (Lipinski definition) is 0. The molecule has 1 aliphatic carbocycles. The lowest BCUT2D eigenvalue weighted by Crippen LogP contribution is -2.55. The highest BCUT2D eigenvalue weighted by Crippen LogP contribution is 2.33. The summed E-state index contributed by atoms with van der Waals surface area (Å²) in [6, 6.07) is 9.34. The Bertz CT molecular complexity index is 715. The van der Waals surface area contributed by atoms with Gasteiger partial charge in [-0.25, -0.2) is 0 Å². The lowest BCUT2D eigenvalue weighted by atomic mass is 9.89. The first-order valence-corrected chi connectivity index (χ1v) is 10.4. The van der Waals surface area contributed by atoms with E-state index >= 15 is 0 Å². The second-order valence-electron chi connectivity index (χ2n) is 8.69. The standard InChI is InChI=1S/C22H31N3O3/c1-23(2)21(27)15-25-16-22(28-12-7-20(25)26)8-10-24(11-9-22)19-13-17-5-3-4-6-18(17)14-19/h3-6,19H,7-16H2,1-2H3. The van der Waals surface area contributed by atoms with Crippen LogP contribution in [-0.2, 0) is 27.2 Å². The maximum Gasteiger partial charge on any atom is 0.241 e. The Balaban J connectivity index is 1.38. The molecule has 2 saturated heterocycles. The van der Waals surface area contributed by atoms with Crippen LogP contribution in [0.5, 0.6) is 0 Å². The fraction of sp³-hybridized carbons (Fsp3) is 0.636. The summed E-state index contributed by atoms with van der Waals surface area (Å²) in [7, 11) is 3.46. The molecule has 0 aromatic heterocycles. The fourth-order valence-corrected chi connectivity index (χ4v) is 4.84. The van der Waals surface area contributed by atoms with Gasteiger partial charge in [-0.2, -0.15) is 0 Å². The van der Waals surface area contributed by atoms with Gasteiger partial charge in [-0.1, -0.05) is 24.3 Å². The fourth-order valence-electron chi connectivity index (χ4n) is 4.84. The van der Waals surface area contributed by atoms with Crippen LogP contribution in [0.2, 0.25) is 0 Å². The zero-order valence-electron chi connectivity index (χ0n) is 17.0. The van der Waals surface area contributed by atoms with Gasteiger partial charge in [-0.15, -0.1) is 0 Å². The van der Waals surface area contributed by atoms with Crippen LogP contribution in [0.4, 0.5) is 0 Å². The van der Waals surface area contributed by atoms with Crippen molar-refractivity contribution in [3.63, 3.8) is 0 Å². The van der Waals surface area contributed by atoms with Crippen molar-refractivity contribution in [2.75, 3.05) is 46.9 Å². The van der Waals surface area contributed by atoms with Crippen LogP contribution in [0.3, 0.4) is 0 Å². The van der Waals surface area contributed by atoms with E-state index in [2.05, 4.69) is 29.2 Å². The Morgan fingerprint density at radius 3 is 2.43 bits per heavy atom. The number of fused-ring (bicyclic) bond motifs is 1. The first-order valence-electron chi connectivity index (χ1n) is 10.4. The summed E-state index contributed by atoms with van der Waals surface area (Å²) in [5.41, 5.74) is 2.66. The van der Waals surface area contributed by atoms with Crippen molar-refractivity contribution in [2.45, 2.75) is 43.7 Å². The Hall–Kier alpha value is -1.92. The average molecular weight is 386 g/mol. The second kappa shape index (κ2) is 7.84. The van der Waals surface area contributed by atoms with Crippen molar-refractivity contribution in [3.8, 4) is 0 Å². The summed E-state index contributed by atoms with van der Waals surface area (Å²) in [6.45, 7) is 3.12. The average Bonchev–Trinajstić information content (AvgIpc) is 3.05. The molecule has 1 spiro atoms. The van der Waals surface area contributed by atoms with Gasteiger partial charge in [0, 0.05) is 33.2 Å². The van der Waals surface area contributed by atoms with Crippen molar-refractivity contribution >= 4 is 11.8 Å². The van der Waals surface area contributed by atoms with E-state index in [0.717, 1.165) is 38.8 Å². The van der Waals surface area contributed by atoms with Crippen molar-refractivity contribution in [1.29, 1.82) is 0 Å². The Labute approximate surface area is 167 Å². The van der Waals surface area contributed by atoms with Crippen molar-refractivity contribution in [3.05, 3.63) is 35.4 Å². The van der Waals surface area contributed by atoms with Gasteiger partial charge >= 0.3 is 0 Å². The monoisotopic (exact) mass is 385 g/mol. The minimum atomic E-state index is -0.305. The molecule has 3 aliphatic rings. The summed E-state index contributed by atoms with van der Waals surface area (Å²) in [5.74, 6) is -0.00713. The number of carbonyl (C=O) groups excluding carboxylic acids is 2. The normalized spacial score (nSPS) is 22.9. The predicted molar refractivity (Wildman–Crippen MR) is 107 cm³/mol. The van der Waals surface area contributed by atoms with Gasteiger partial charge in [0.05, 0.1) is 31.7 Å². The minimum absolute atomic E-state index is 0.0285. The molecule has 0 N–H and O–H groups in total. The molecule has 6 heteroatoms. The zero-order chi connectivity index (χ0) is 19.7. The van der Waals surface area contributed by atoms with Crippen LogP contribution in [0, 0.1) is 0 Å². The molecule has 0 unspecified atom stereocenters. The van der Waals surface area contributed by atoms with Gasteiger partial charge < -0.3 is 14.5 Å². The van der Waals surface area contributed by atoms with Crippen molar-refractivity contribution in [2.24, 2.45) is 0 Å². The molecule has 0 atom stereocenters. The summed E-state index contributed by atoms with van der Waals surface area (Å²) in [4.78, 5) is 30.5. The number of rotatable bonds is 3. The van der Waals surface area contributed by atoms with Crippen molar-refractivity contribution < 1.29 is 14.3 Å². The van der Waals surface area contributed by atoms with E-state index in [1.54, 1.807) is 23.9 Å². The largest absolute Gasteiger partial charge is 0.373 e. The van der Waals surface area contributed by atoms with Crippen molar-refractivity contribution in [1.82, 2.24) is 14.7 Å². The van der Waals surface area contributed by atoms with Crippen LogP contribution in [0.15, 0.2) is 24.3 Å². The molecule has 0 saturated carbocycles. The van der Waals surface area contributed by atoms with E-state index in [0.29, 0.717) is 25.6 Å². The highest BCUT2D eigenvalue weighted by molar-refractivity contribution is 5.84. The van der Waals surface area contributed by atoms with E-state index in [4.69, 9.17) is 4.74 Å². The summed E-state index contributed by atoms with van der Waals surface area (Å²) in [6.07, 6.45) is 4.46. The summed E-state index contributed by atoms with van der Waals surface area (Å²) >= 11 is 0. The zero-order valence-corrected chi connectivity index (χ0v) is 17.0. The van der Waals surface area contributed by atoms with Crippen LogP contribution < -0.4 is 0 Å². The van der Waals surface area contributed by atoms with Gasteiger partial charge in [0.25, 0.3) is 0 Å². The number of nitrogens with zero attached hydrogens (tertiary/aromatic N) is 3. The molecule has 4 rings (SSSR count). The molecule has 28 heavy (non-hydrogen) atoms. The number of benzene rings is 1. The lowest BCUT2D eigenvalue weighted by Gasteiger charge is -2.44. The van der Waals surface area contributed by atoms with Crippen LogP contribution in [0.1, 0.15) is 30.4 Å². The number of hydrogen-bond acceptors (Lipinski definition) is 4. The molecule has 2 amide bonds. The molecule has 2 aliphatic heterocycles. The predicted octanol–water partition coefficient (Wildman–Crippen LogP) is 1.33. The third kappa shape index (κ3) is 3.94. The van der Waals surface area contributed by atoms with E-state index < -0.39 is 0 Å². The Kier molecular flexibility index (Phi) is 5.43. The van der Waals surface area contributed by atoms with Gasteiger partial charge in [0.15, 0.2) is 0 Å². The number of likely N-dealkylation sites (N-methyl/N-ethyl adjacent to an activating group) is 1. The lowest BCUT2D eigenvalue weighted by molar-refractivity contribution is -0.140. The smallest absolute Gasteiger partial charge is 0.241 e. The maximum absolute atomic E-state index is 12.5. The highest BCUT2D eigenvalue weighted by atomic mass is 16.5. The van der Waals surface area contributed by atoms with Gasteiger partial charge in [-0.3, -0.25) is 14.5 Å². The Morgan fingerprint density at radius 1 is 1.18 bits per heavy atom. The van der Waals surface area contributed by atoms with Crippen LogP contribution in [0.25, 0.3) is 0 Å². The number of amides is 2. The first-order chi connectivity index (χ1) is 13.5. The molecule has 2 fully saturated rings. The highest BCUT2D eigenvalue weighted by Gasteiger charge is 2.42. The molecular formula is C22H31N3O3. The third-order valence-electron chi connectivity index (χ3n) is 6.64. The molecule has 0 bridgehead atoms. The SMILES string of the molecule is CN(C)C(=O)CN1CC2(CCN(C3Cc4ccccc4C3)CC2)OCCC1=O. The summed E-state index contributed by atoms with van der Waals surface area (Å²) < 4.78 is 6.23. The van der Waals surface area contributed by atoms with Crippen LogP contribution >= 0.6 is 0 Å². The number of carbonyl (C=O) groups is 2. The molecule has 152 valence electrons. The molecule has 6 nitrogen and oxygen atoms in total. The van der Waals surface area contributed by atoms with E-state index in [1.165, 1.54) is 11.1 Å². The van der Waals surface area contributed by atoms with Gasteiger partial charge in [-0.05, 0) is 36.8 Å². The van der Waals surface area contributed by atoms with Gasteiger partial charge in [0.1, 0.15) is 0 Å².